The number of nitrogens with zero attached hydrogens (tertiary/aromatic N) is 2. The molecule has 1 aromatic carbocycles. The molecule has 1 heterocycles. The second-order valence-electron chi connectivity index (χ2n) is 2.16. The van der Waals surface area contributed by atoms with Crippen LogP contribution < -0.4 is 0 Å². The summed E-state index contributed by atoms with van der Waals surface area (Å²) in [5.41, 5.74) is 1.83. The summed E-state index contributed by atoms with van der Waals surface area (Å²) in [7, 11) is 0. The van der Waals surface area contributed by atoms with E-state index < -0.39 is 0 Å². The summed E-state index contributed by atoms with van der Waals surface area (Å²) in [4.78, 5) is 8.32. The van der Waals surface area contributed by atoms with Gasteiger partial charge in [-0.05, 0) is 28.1 Å². The fourth-order valence-electron chi connectivity index (χ4n) is 0.957. The number of rotatable bonds is 0. The molecule has 0 bridgehead atoms. The van der Waals surface area contributed by atoms with E-state index in [4.69, 9.17) is 0 Å². The molecule has 1 aromatic heterocycles. The van der Waals surface area contributed by atoms with Crippen LogP contribution in [0.25, 0.3) is 11.0 Å². The first-order chi connectivity index (χ1) is 5.38. The standard InChI is InChI=1S/C8H5BrN2/c9-6-2-1-3-7-8(6)11-5-4-10-7/h1-5H. The van der Waals surface area contributed by atoms with Crippen LogP contribution in [-0.4, -0.2) is 9.97 Å². The molecular weight excluding hydrogens is 204 g/mol. The zero-order valence-electron chi connectivity index (χ0n) is 5.66. The van der Waals surface area contributed by atoms with Gasteiger partial charge in [-0.2, -0.15) is 0 Å². The lowest BCUT2D eigenvalue weighted by Crippen LogP contribution is -1.81. The fourth-order valence-corrected chi connectivity index (χ4v) is 1.42. The Balaban J connectivity index is 2.91. The Morgan fingerprint density at radius 1 is 1.09 bits per heavy atom. The zero-order chi connectivity index (χ0) is 7.68. The predicted octanol–water partition coefficient (Wildman–Crippen LogP) is 2.39. The summed E-state index contributed by atoms with van der Waals surface area (Å²) < 4.78 is 0.989. The molecule has 0 N–H and O–H groups in total. The van der Waals surface area contributed by atoms with E-state index in [1.54, 1.807) is 12.4 Å². The molecule has 0 saturated carbocycles. The van der Waals surface area contributed by atoms with E-state index in [2.05, 4.69) is 25.9 Å². The third-order valence-corrected chi connectivity index (χ3v) is 2.09. The highest BCUT2D eigenvalue weighted by atomic mass is 79.9. The smallest absolute Gasteiger partial charge is 0.103 e. The molecule has 3 heteroatoms. The van der Waals surface area contributed by atoms with Crippen molar-refractivity contribution in [1.29, 1.82) is 0 Å². The van der Waals surface area contributed by atoms with E-state index in [9.17, 15) is 0 Å². The molecule has 0 fully saturated rings. The van der Waals surface area contributed by atoms with E-state index in [1.807, 2.05) is 18.2 Å². The maximum Gasteiger partial charge on any atom is 0.103 e. The molecule has 2 nitrogen and oxygen atoms in total. The van der Waals surface area contributed by atoms with E-state index in [0.29, 0.717) is 0 Å². The summed E-state index contributed by atoms with van der Waals surface area (Å²) in [5.74, 6) is 0. The first-order valence-corrected chi connectivity index (χ1v) is 4.02. The van der Waals surface area contributed by atoms with Crippen LogP contribution in [0.2, 0.25) is 0 Å². The van der Waals surface area contributed by atoms with Gasteiger partial charge in [0.1, 0.15) is 5.52 Å². The fraction of sp³-hybridized carbons (Fsp3) is 0. The quantitative estimate of drug-likeness (QED) is 0.665. The van der Waals surface area contributed by atoms with Crippen molar-refractivity contribution in [2.24, 2.45) is 0 Å². The Kier molecular flexibility index (Phi) is 1.58. The normalized spacial score (nSPS) is 10.3. The maximum absolute atomic E-state index is 4.17. The Hall–Kier alpha value is -0.960. The maximum atomic E-state index is 4.17. The van der Waals surface area contributed by atoms with Crippen LogP contribution in [0, 0.1) is 0 Å². The van der Waals surface area contributed by atoms with Crippen LogP contribution in [-0.2, 0) is 0 Å². The third-order valence-electron chi connectivity index (χ3n) is 1.45. The first-order valence-electron chi connectivity index (χ1n) is 3.23. The van der Waals surface area contributed by atoms with Crippen LogP contribution in [0.1, 0.15) is 0 Å². The Morgan fingerprint density at radius 2 is 1.91 bits per heavy atom. The number of benzene rings is 1. The number of fused-ring (bicyclic) bond motifs is 1. The van der Waals surface area contributed by atoms with Crippen molar-refractivity contribution in [3.05, 3.63) is 35.1 Å². The highest BCUT2D eigenvalue weighted by Crippen LogP contribution is 2.18. The van der Waals surface area contributed by atoms with Gasteiger partial charge in [-0.15, -0.1) is 0 Å². The SMILES string of the molecule is Brc1cccc2nccnc12. The van der Waals surface area contributed by atoms with Gasteiger partial charge in [-0.1, -0.05) is 6.07 Å². The minimum absolute atomic E-state index is 0.912. The zero-order valence-corrected chi connectivity index (χ0v) is 7.25. The van der Waals surface area contributed by atoms with Crippen molar-refractivity contribution in [1.82, 2.24) is 9.97 Å². The van der Waals surface area contributed by atoms with Crippen molar-refractivity contribution in [3.8, 4) is 0 Å². The summed E-state index contributed by atoms with van der Waals surface area (Å²) in [6.45, 7) is 0. The number of hydrogen-bond donors (Lipinski definition) is 0. The summed E-state index contributed by atoms with van der Waals surface area (Å²) in [6.07, 6.45) is 3.38. The van der Waals surface area contributed by atoms with Gasteiger partial charge in [0.05, 0.1) is 5.52 Å². The molecular formula is C8H5BrN2. The second kappa shape index (κ2) is 2.58. The van der Waals surface area contributed by atoms with E-state index in [0.717, 1.165) is 15.5 Å². The molecule has 2 aromatic rings. The molecule has 0 saturated heterocycles. The topological polar surface area (TPSA) is 25.8 Å². The van der Waals surface area contributed by atoms with Gasteiger partial charge >= 0.3 is 0 Å². The Bertz CT molecular complexity index is 381. The third kappa shape index (κ3) is 1.12. The minimum atomic E-state index is 0.912. The molecule has 0 aliphatic heterocycles. The van der Waals surface area contributed by atoms with Crippen LogP contribution in [0.15, 0.2) is 35.1 Å². The highest BCUT2D eigenvalue weighted by Gasteiger charge is 1.96. The molecule has 11 heavy (non-hydrogen) atoms. The molecule has 0 amide bonds. The lowest BCUT2D eigenvalue weighted by molar-refractivity contribution is 1.29. The van der Waals surface area contributed by atoms with Gasteiger partial charge in [0.2, 0.25) is 0 Å². The van der Waals surface area contributed by atoms with Crippen molar-refractivity contribution >= 4 is 27.0 Å². The van der Waals surface area contributed by atoms with Crippen molar-refractivity contribution < 1.29 is 0 Å². The van der Waals surface area contributed by atoms with E-state index >= 15 is 0 Å². The van der Waals surface area contributed by atoms with Crippen LogP contribution in [0.3, 0.4) is 0 Å². The van der Waals surface area contributed by atoms with Gasteiger partial charge in [0.15, 0.2) is 0 Å². The van der Waals surface area contributed by atoms with Gasteiger partial charge in [-0.25, -0.2) is 0 Å². The average Bonchev–Trinajstić information content (AvgIpc) is 2.06. The average molecular weight is 209 g/mol. The predicted molar refractivity (Wildman–Crippen MR) is 47.2 cm³/mol. The van der Waals surface area contributed by atoms with Gasteiger partial charge in [0, 0.05) is 16.9 Å². The molecule has 0 unspecified atom stereocenters. The Morgan fingerprint density at radius 3 is 2.73 bits per heavy atom. The van der Waals surface area contributed by atoms with Gasteiger partial charge < -0.3 is 0 Å². The number of para-hydroxylation sites is 1. The van der Waals surface area contributed by atoms with Crippen LogP contribution in [0.4, 0.5) is 0 Å². The lowest BCUT2D eigenvalue weighted by atomic mass is 10.3. The summed E-state index contributed by atoms with van der Waals surface area (Å²) in [5, 5.41) is 0. The molecule has 0 spiro atoms. The van der Waals surface area contributed by atoms with Crippen LogP contribution >= 0.6 is 15.9 Å². The van der Waals surface area contributed by atoms with Gasteiger partial charge in [-0.3, -0.25) is 9.97 Å². The van der Waals surface area contributed by atoms with Crippen molar-refractivity contribution in [3.63, 3.8) is 0 Å². The molecule has 0 radical (unpaired) electrons. The molecule has 0 aliphatic carbocycles. The monoisotopic (exact) mass is 208 g/mol. The number of halogens is 1. The highest BCUT2D eigenvalue weighted by molar-refractivity contribution is 9.10. The number of aromatic nitrogens is 2. The van der Waals surface area contributed by atoms with Gasteiger partial charge in [0.25, 0.3) is 0 Å². The largest absolute Gasteiger partial charge is 0.253 e. The molecule has 2 rings (SSSR count). The lowest BCUT2D eigenvalue weighted by Gasteiger charge is -1.95. The number of hydrogen-bond acceptors (Lipinski definition) is 2. The molecule has 54 valence electrons. The Labute approximate surface area is 72.4 Å². The first kappa shape index (κ1) is 6.73. The molecule has 0 atom stereocenters. The van der Waals surface area contributed by atoms with Crippen molar-refractivity contribution in [2.75, 3.05) is 0 Å². The van der Waals surface area contributed by atoms with E-state index in [1.165, 1.54) is 0 Å². The second-order valence-corrected chi connectivity index (χ2v) is 3.02. The molecule has 0 aliphatic rings. The van der Waals surface area contributed by atoms with Crippen molar-refractivity contribution in [2.45, 2.75) is 0 Å². The van der Waals surface area contributed by atoms with E-state index in [-0.39, 0.29) is 0 Å². The summed E-state index contributed by atoms with van der Waals surface area (Å²) >= 11 is 3.39. The minimum Gasteiger partial charge on any atom is -0.253 e. The summed E-state index contributed by atoms with van der Waals surface area (Å²) in [6, 6.07) is 5.84. The van der Waals surface area contributed by atoms with Crippen LogP contribution in [0.5, 0.6) is 0 Å².